The van der Waals surface area contributed by atoms with Crippen molar-refractivity contribution in [1.82, 2.24) is 25.1 Å². The van der Waals surface area contributed by atoms with Gasteiger partial charge in [0.15, 0.2) is 0 Å². The molecule has 0 radical (unpaired) electrons. The summed E-state index contributed by atoms with van der Waals surface area (Å²) in [6, 6.07) is 5.27. The van der Waals surface area contributed by atoms with Crippen molar-refractivity contribution in [2.75, 3.05) is 13.7 Å². The molecule has 3 aromatic heterocycles. The molecule has 26 heavy (non-hydrogen) atoms. The summed E-state index contributed by atoms with van der Waals surface area (Å²) in [5.41, 5.74) is 4.29. The number of aromatic amines is 2. The molecule has 8 heteroatoms. The van der Waals surface area contributed by atoms with Gasteiger partial charge in [0.25, 0.3) is 5.56 Å². The summed E-state index contributed by atoms with van der Waals surface area (Å²) in [6.07, 6.45) is 4.21. The molecule has 1 aliphatic carbocycles. The van der Waals surface area contributed by atoms with Crippen molar-refractivity contribution in [1.29, 1.82) is 0 Å². The zero-order chi connectivity index (χ0) is 18.1. The highest BCUT2D eigenvalue weighted by Crippen LogP contribution is 2.39. The summed E-state index contributed by atoms with van der Waals surface area (Å²) in [7, 11) is 1.62. The van der Waals surface area contributed by atoms with Gasteiger partial charge in [-0.25, -0.2) is 4.98 Å². The van der Waals surface area contributed by atoms with Crippen molar-refractivity contribution < 1.29 is 9.47 Å². The van der Waals surface area contributed by atoms with Crippen molar-refractivity contribution in [3.05, 3.63) is 58.0 Å². The Morgan fingerprint density at radius 3 is 2.77 bits per heavy atom. The Balaban J connectivity index is 1.52. The highest BCUT2D eigenvalue weighted by molar-refractivity contribution is 5.81. The molecule has 0 aromatic carbocycles. The smallest absolute Gasteiger partial charge is 0.264 e. The number of hydrogen-bond donors (Lipinski definition) is 2. The van der Waals surface area contributed by atoms with Crippen LogP contribution in [0.3, 0.4) is 0 Å². The zero-order valence-electron chi connectivity index (χ0n) is 14.4. The topological polar surface area (TPSA) is 106 Å². The molecular formula is C18H17N5O3. The number of hydrogen-bond acceptors (Lipinski definition) is 6. The van der Waals surface area contributed by atoms with Gasteiger partial charge in [0.2, 0.25) is 5.88 Å². The van der Waals surface area contributed by atoms with Gasteiger partial charge in [0.1, 0.15) is 18.2 Å². The molecule has 0 spiro atoms. The van der Waals surface area contributed by atoms with E-state index >= 15 is 0 Å². The molecule has 2 N–H and O–H groups in total. The first-order valence-electron chi connectivity index (χ1n) is 8.10. The molecule has 0 atom stereocenters. The Hall–Kier alpha value is -3.42. The second-order valence-electron chi connectivity index (χ2n) is 5.94. The van der Waals surface area contributed by atoms with E-state index in [4.69, 9.17) is 9.47 Å². The van der Waals surface area contributed by atoms with Crippen molar-refractivity contribution in [2.45, 2.75) is 13.3 Å². The summed E-state index contributed by atoms with van der Waals surface area (Å²) < 4.78 is 11.0. The first kappa shape index (κ1) is 16.1. The zero-order valence-corrected chi connectivity index (χ0v) is 14.4. The highest BCUT2D eigenvalue weighted by atomic mass is 16.5. The summed E-state index contributed by atoms with van der Waals surface area (Å²) >= 11 is 0. The lowest BCUT2D eigenvalue weighted by Gasteiger charge is -2.08. The van der Waals surface area contributed by atoms with Crippen LogP contribution in [-0.2, 0) is 0 Å². The van der Waals surface area contributed by atoms with E-state index in [1.807, 2.05) is 12.1 Å². The summed E-state index contributed by atoms with van der Waals surface area (Å²) in [4.78, 5) is 24.3. The maximum atomic E-state index is 11.4. The third-order valence-corrected chi connectivity index (χ3v) is 4.12. The predicted octanol–water partition coefficient (Wildman–Crippen LogP) is 2.11. The van der Waals surface area contributed by atoms with Crippen LogP contribution in [0.4, 0.5) is 0 Å². The molecule has 8 nitrogen and oxygen atoms in total. The van der Waals surface area contributed by atoms with E-state index in [1.54, 1.807) is 26.4 Å². The number of pyridine rings is 1. The van der Waals surface area contributed by atoms with E-state index in [9.17, 15) is 4.79 Å². The van der Waals surface area contributed by atoms with E-state index in [2.05, 4.69) is 25.1 Å². The average molecular weight is 351 g/mol. The van der Waals surface area contributed by atoms with Crippen molar-refractivity contribution in [2.24, 2.45) is 0 Å². The Labute approximate surface area is 148 Å². The quantitative estimate of drug-likeness (QED) is 0.704. The van der Waals surface area contributed by atoms with Crippen LogP contribution < -0.4 is 15.0 Å². The number of nitrogens with one attached hydrogen (secondary N) is 2. The van der Waals surface area contributed by atoms with Crippen molar-refractivity contribution in [3.63, 3.8) is 0 Å². The number of ether oxygens (including phenoxy) is 2. The van der Waals surface area contributed by atoms with Gasteiger partial charge in [-0.1, -0.05) is 0 Å². The third-order valence-electron chi connectivity index (χ3n) is 4.12. The predicted molar refractivity (Wildman–Crippen MR) is 95.0 cm³/mol. The molecule has 1 aliphatic rings. The molecule has 3 aromatic rings. The molecule has 0 amide bonds. The van der Waals surface area contributed by atoms with E-state index < -0.39 is 0 Å². The van der Waals surface area contributed by atoms with Gasteiger partial charge >= 0.3 is 0 Å². The van der Waals surface area contributed by atoms with Gasteiger partial charge in [0, 0.05) is 12.3 Å². The minimum absolute atomic E-state index is 0.218. The number of H-pyrrole nitrogens is 2. The number of rotatable bonds is 6. The largest absolute Gasteiger partial charge is 0.495 e. The first-order chi connectivity index (χ1) is 12.6. The number of aromatic nitrogens is 5. The summed E-state index contributed by atoms with van der Waals surface area (Å²) in [6.45, 7) is 2.21. The fraction of sp³-hybridized carbons (Fsp3) is 0.222. The van der Waals surface area contributed by atoms with E-state index in [0.29, 0.717) is 29.6 Å². The normalized spacial score (nSPS) is 13.0. The fourth-order valence-electron chi connectivity index (χ4n) is 2.64. The minimum Gasteiger partial charge on any atom is -0.495 e. The molecule has 3 heterocycles. The molecule has 0 aliphatic heterocycles. The Kier molecular flexibility index (Phi) is 4.00. The molecule has 0 saturated carbocycles. The molecule has 0 unspecified atom stereocenters. The molecule has 0 bridgehead atoms. The van der Waals surface area contributed by atoms with Crippen molar-refractivity contribution >= 4 is 5.57 Å². The third kappa shape index (κ3) is 3.21. The average Bonchev–Trinajstić information content (AvgIpc) is 3.31. The molecule has 0 saturated heterocycles. The standard InChI is InChI=1S/C18H17N5O3/c1-10-19-8-14(16-6-17(24)23-22-16)18(21-10)26-9-11-5-13(11)15-4-3-12(25-2)7-20-15/h3-4,6-8H,5,9H2,1-2H3,(H2,22,23,24). The van der Waals surface area contributed by atoms with Gasteiger partial charge in [-0.3, -0.25) is 20.0 Å². The first-order valence-corrected chi connectivity index (χ1v) is 8.10. The molecule has 4 rings (SSSR count). The van der Waals surface area contributed by atoms with Crippen LogP contribution >= 0.6 is 0 Å². The molecular weight excluding hydrogens is 334 g/mol. The number of aryl methyl sites for hydroxylation is 1. The minimum atomic E-state index is -0.218. The fourth-order valence-corrected chi connectivity index (χ4v) is 2.64. The highest BCUT2D eigenvalue weighted by Gasteiger charge is 2.25. The maximum absolute atomic E-state index is 11.4. The van der Waals surface area contributed by atoms with Crippen LogP contribution in [0.1, 0.15) is 17.9 Å². The van der Waals surface area contributed by atoms with Gasteiger partial charge in [-0.2, -0.15) is 4.98 Å². The summed E-state index contributed by atoms with van der Waals surface area (Å²) in [5.74, 6) is 1.77. The number of allylic oxidation sites excluding steroid dienone is 1. The number of nitrogens with zero attached hydrogens (tertiary/aromatic N) is 3. The van der Waals surface area contributed by atoms with E-state index in [0.717, 1.165) is 17.9 Å². The van der Waals surface area contributed by atoms with Crippen LogP contribution in [0.25, 0.3) is 16.8 Å². The van der Waals surface area contributed by atoms with E-state index in [-0.39, 0.29) is 5.56 Å². The number of methoxy groups -OCH3 is 1. The van der Waals surface area contributed by atoms with Crippen LogP contribution in [0.15, 0.2) is 41.0 Å². The SMILES string of the molecule is COc1ccc(C2=C(COc3nc(C)ncc3-c3cc(=O)[nH][nH]3)C2)nc1. The second kappa shape index (κ2) is 6.47. The molecule has 132 valence electrons. The van der Waals surface area contributed by atoms with Gasteiger partial charge in [0.05, 0.1) is 30.3 Å². The Morgan fingerprint density at radius 2 is 2.08 bits per heavy atom. The van der Waals surface area contributed by atoms with Crippen LogP contribution in [0, 0.1) is 6.92 Å². The van der Waals surface area contributed by atoms with Gasteiger partial charge in [-0.05, 0) is 36.6 Å². The monoisotopic (exact) mass is 351 g/mol. The molecule has 0 fully saturated rings. The van der Waals surface area contributed by atoms with E-state index in [1.165, 1.54) is 17.2 Å². The summed E-state index contributed by atoms with van der Waals surface area (Å²) in [5, 5.41) is 5.30. The van der Waals surface area contributed by atoms with Gasteiger partial charge in [-0.15, -0.1) is 0 Å². The van der Waals surface area contributed by atoms with Gasteiger partial charge < -0.3 is 9.47 Å². The van der Waals surface area contributed by atoms with Crippen LogP contribution in [-0.4, -0.2) is 38.9 Å². The van der Waals surface area contributed by atoms with Crippen LogP contribution in [0.2, 0.25) is 0 Å². The lowest BCUT2D eigenvalue weighted by atomic mass is 10.2. The Morgan fingerprint density at radius 1 is 1.19 bits per heavy atom. The lowest BCUT2D eigenvalue weighted by Crippen LogP contribution is -2.02. The maximum Gasteiger partial charge on any atom is 0.264 e. The van der Waals surface area contributed by atoms with Crippen LogP contribution in [0.5, 0.6) is 11.6 Å². The second-order valence-corrected chi connectivity index (χ2v) is 5.94. The lowest BCUT2D eigenvalue weighted by molar-refractivity contribution is 0.342. The Bertz CT molecular complexity index is 1030. The van der Waals surface area contributed by atoms with Crippen molar-refractivity contribution in [3.8, 4) is 22.9 Å².